The van der Waals surface area contributed by atoms with Gasteiger partial charge in [0.2, 0.25) is 5.91 Å². The molecule has 1 fully saturated rings. The lowest BCUT2D eigenvalue weighted by molar-refractivity contribution is -0.174. The first kappa shape index (κ1) is 19.2. The van der Waals surface area contributed by atoms with Crippen LogP contribution in [0.4, 0.5) is 13.2 Å². The van der Waals surface area contributed by atoms with Gasteiger partial charge in [-0.25, -0.2) is 0 Å². The van der Waals surface area contributed by atoms with E-state index in [-0.39, 0.29) is 18.6 Å². The van der Waals surface area contributed by atoms with Crippen LogP contribution in [0.3, 0.4) is 0 Å². The van der Waals surface area contributed by atoms with Crippen molar-refractivity contribution in [3.05, 3.63) is 0 Å². The Morgan fingerprint density at radius 2 is 1.91 bits per heavy atom. The molecule has 8 heteroatoms. The van der Waals surface area contributed by atoms with Crippen molar-refractivity contribution in [3.63, 3.8) is 0 Å². The van der Waals surface area contributed by atoms with Crippen molar-refractivity contribution >= 4 is 5.91 Å². The van der Waals surface area contributed by atoms with Gasteiger partial charge in [0.25, 0.3) is 0 Å². The van der Waals surface area contributed by atoms with Gasteiger partial charge in [-0.1, -0.05) is 0 Å². The zero-order chi connectivity index (χ0) is 16.6. The van der Waals surface area contributed by atoms with E-state index in [1.165, 1.54) is 0 Å². The van der Waals surface area contributed by atoms with Crippen molar-refractivity contribution in [1.82, 2.24) is 9.80 Å². The molecule has 0 spiro atoms. The third-order valence-electron chi connectivity index (χ3n) is 3.57. The summed E-state index contributed by atoms with van der Waals surface area (Å²) >= 11 is 0. The van der Waals surface area contributed by atoms with Crippen LogP contribution in [-0.2, 0) is 9.53 Å². The lowest BCUT2D eigenvalue weighted by Gasteiger charge is -2.35. The van der Waals surface area contributed by atoms with Crippen LogP contribution < -0.4 is 5.73 Å². The second-order valence-electron chi connectivity index (χ2n) is 5.76. The molecule has 2 N–H and O–H groups in total. The Hall–Kier alpha value is -0.860. The number of amides is 1. The van der Waals surface area contributed by atoms with Gasteiger partial charge < -0.3 is 15.4 Å². The van der Waals surface area contributed by atoms with Crippen LogP contribution in [0.25, 0.3) is 0 Å². The summed E-state index contributed by atoms with van der Waals surface area (Å²) < 4.78 is 40.2. The molecule has 0 aromatic heterocycles. The van der Waals surface area contributed by atoms with Crippen LogP contribution in [0.15, 0.2) is 0 Å². The van der Waals surface area contributed by atoms with Crippen LogP contribution in [-0.4, -0.2) is 73.9 Å². The minimum absolute atomic E-state index is 0.0296. The second kappa shape index (κ2) is 9.32. The monoisotopic (exact) mass is 325 g/mol. The minimum atomic E-state index is -4.26. The molecule has 0 aliphatic carbocycles. The largest absolute Gasteiger partial charge is 0.411 e. The first-order valence-electron chi connectivity index (χ1n) is 7.68. The predicted octanol–water partition coefficient (Wildman–Crippen LogP) is 1.23. The van der Waals surface area contributed by atoms with Crippen LogP contribution in [0, 0.1) is 0 Å². The Morgan fingerprint density at radius 1 is 1.27 bits per heavy atom. The number of nitrogens with two attached hydrogens (primary N) is 1. The molecule has 1 atom stereocenters. The quantitative estimate of drug-likeness (QED) is 0.682. The van der Waals surface area contributed by atoms with Crippen LogP contribution in [0.5, 0.6) is 0 Å². The van der Waals surface area contributed by atoms with E-state index in [9.17, 15) is 18.0 Å². The van der Waals surface area contributed by atoms with Crippen molar-refractivity contribution in [2.75, 3.05) is 45.9 Å². The number of hydrogen-bond acceptors (Lipinski definition) is 4. The van der Waals surface area contributed by atoms with Crippen molar-refractivity contribution in [1.29, 1.82) is 0 Å². The van der Waals surface area contributed by atoms with Gasteiger partial charge in [-0.15, -0.1) is 0 Å². The maximum absolute atomic E-state index is 11.9. The van der Waals surface area contributed by atoms with E-state index in [0.717, 1.165) is 13.1 Å². The minimum Gasteiger partial charge on any atom is -0.372 e. The normalized spacial score (nSPS) is 18.5. The molecular formula is C14H26F3N3O2. The number of nitrogens with zero attached hydrogens (tertiary/aromatic N) is 2. The van der Waals surface area contributed by atoms with E-state index >= 15 is 0 Å². The molecule has 0 saturated carbocycles. The highest BCUT2D eigenvalue weighted by Gasteiger charge is 2.27. The number of carbonyl (C=O) groups is 1. The molecule has 0 aromatic carbocycles. The first-order valence-corrected chi connectivity index (χ1v) is 7.68. The van der Waals surface area contributed by atoms with E-state index in [1.807, 2.05) is 11.8 Å². The first-order chi connectivity index (χ1) is 10.3. The summed E-state index contributed by atoms with van der Waals surface area (Å²) in [6.45, 7) is 4.34. The van der Waals surface area contributed by atoms with Gasteiger partial charge in [0.05, 0.1) is 0 Å². The van der Waals surface area contributed by atoms with E-state index in [4.69, 9.17) is 5.73 Å². The van der Waals surface area contributed by atoms with Crippen molar-refractivity contribution in [3.8, 4) is 0 Å². The highest BCUT2D eigenvalue weighted by molar-refractivity contribution is 5.76. The maximum Gasteiger partial charge on any atom is 0.411 e. The molecule has 1 rings (SSSR count). The van der Waals surface area contributed by atoms with Crippen LogP contribution >= 0.6 is 0 Å². The fraction of sp³-hybridized carbons (Fsp3) is 0.929. The molecular weight excluding hydrogens is 299 g/mol. The van der Waals surface area contributed by atoms with E-state index in [0.29, 0.717) is 38.9 Å². The summed E-state index contributed by atoms with van der Waals surface area (Å²) in [6.07, 6.45) is -2.53. The molecule has 0 aromatic rings. The zero-order valence-corrected chi connectivity index (χ0v) is 13.1. The maximum atomic E-state index is 11.9. The standard InChI is InChI=1S/C14H26F3N3O2/c1-12(18)3-4-13(21)20-8-6-19(7-9-20)5-2-10-22-11-14(15,16)17/h12H,2-11,18H2,1H3. The molecule has 0 bridgehead atoms. The molecule has 5 nitrogen and oxygen atoms in total. The lowest BCUT2D eigenvalue weighted by atomic mass is 10.1. The number of ether oxygens (including phenoxy) is 1. The molecule has 1 aliphatic heterocycles. The lowest BCUT2D eigenvalue weighted by Crippen LogP contribution is -2.49. The molecule has 22 heavy (non-hydrogen) atoms. The van der Waals surface area contributed by atoms with E-state index in [1.54, 1.807) is 0 Å². The number of piperazine rings is 1. The van der Waals surface area contributed by atoms with Gasteiger partial charge in [0, 0.05) is 51.8 Å². The highest BCUT2D eigenvalue weighted by atomic mass is 19.4. The average molecular weight is 325 g/mol. The average Bonchev–Trinajstić information content (AvgIpc) is 2.44. The third kappa shape index (κ3) is 8.55. The number of halogens is 3. The molecule has 1 amide bonds. The van der Waals surface area contributed by atoms with Crippen molar-refractivity contribution in [2.24, 2.45) is 5.73 Å². The number of hydrogen-bond donors (Lipinski definition) is 1. The van der Waals surface area contributed by atoms with E-state index < -0.39 is 12.8 Å². The van der Waals surface area contributed by atoms with Crippen molar-refractivity contribution < 1.29 is 22.7 Å². The number of carbonyl (C=O) groups excluding carboxylic acids is 1. The second-order valence-corrected chi connectivity index (χ2v) is 5.76. The van der Waals surface area contributed by atoms with Crippen LogP contribution in [0.1, 0.15) is 26.2 Å². The van der Waals surface area contributed by atoms with Gasteiger partial charge in [0.1, 0.15) is 6.61 Å². The fourth-order valence-electron chi connectivity index (χ4n) is 2.31. The molecule has 0 radical (unpaired) electrons. The Bertz CT molecular complexity index is 330. The topological polar surface area (TPSA) is 58.8 Å². The van der Waals surface area contributed by atoms with Gasteiger partial charge in [-0.05, 0) is 19.8 Å². The Morgan fingerprint density at radius 3 is 2.45 bits per heavy atom. The summed E-state index contributed by atoms with van der Waals surface area (Å²) in [6, 6.07) is 0.0296. The summed E-state index contributed by atoms with van der Waals surface area (Å²) in [5, 5.41) is 0. The third-order valence-corrected chi connectivity index (χ3v) is 3.57. The fourth-order valence-corrected chi connectivity index (χ4v) is 2.31. The van der Waals surface area contributed by atoms with E-state index in [2.05, 4.69) is 9.64 Å². The number of rotatable bonds is 8. The predicted molar refractivity (Wildman–Crippen MR) is 77.4 cm³/mol. The molecule has 130 valence electrons. The molecule has 1 heterocycles. The highest BCUT2D eigenvalue weighted by Crippen LogP contribution is 2.14. The van der Waals surface area contributed by atoms with Gasteiger partial charge >= 0.3 is 6.18 Å². The summed E-state index contributed by atoms with van der Waals surface area (Å²) in [5.74, 6) is 0.130. The zero-order valence-electron chi connectivity index (χ0n) is 13.1. The Balaban J connectivity index is 2.08. The van der Waals surface area contributed by atoms with Crippen LogP contribution in [0.2, 0.25) is 0 Å². The summed E-state index contributed by atoms with van der Waals surface area (Å²) in [4.78, 5) is 15.9. The summed E-state index contributed by atoms with van der Waals surface area (Å²) in [7, 11) is 0. The Kier molecular flexibility index (Phi) is 8.13. The van der Waals surface area contributed by atoms with Gasteiger partial charge in [0.15, 0.2) is 0 Å². The SMILES string of the molecule is CC(N)CCC(=O)N1CCN(CCCOCC(F)(F)F)CC1. The number of alkyl halides is 3. The summed E-state index contributed by atoms with van der Waals surface area (Å²) in [5.41, 5.74) is 5.64. The molecule has 1 aliphatic rings. The molecule has 1 saturated heterocycles. The van der Waals surface area contributed by atoms with Crippen molar-refractivity contribution in [2.45, 2.75) is 38.4 Å². The molecule has 1 unspecified atom stereocenters. The Labute approximate surface area is 129 Å². The van der Waals surface area contributed by atoms with Gasteiger partial charge in [-0.2, -0.15) is 13.2 Å². The van der Waals surface area contributed by atoms with Gasteiger partial charge in [-0.3, -0.25) is 9.69 Å². The smallest absolute Gasteiger partial charge is 0.372 e.